The molecule has 3 aromatic rings. The number of hydrogen-bond acceptors (Lipinski definition) is 3. The summed E-state index contributed by atoms with van der Waals surface area (Å²) in [5.41, 5.74) is 1.51. The van der Waals surface area contributed by atoms with Gasteiger partial charge in [-0.25, -0.2) is 9.37 Å². The molecule has 0 unspecified atom stereocenters. The van der Waals surface area contributed by atoms with E-state index in [0.717, 1.165) is 22.7 Å². The van der Waals surface area contributed by atoms with Crippen molar-refractivity contribution in [2.24, 2.45) is 7.05 Å². The second-order valence-electron chi connectivity index (χ2n) is 4.67. The Morgan fingerprint density at radius 3 is 2.81 bits per heavy atom. The van der Waals surface area contributed by atoms with Crippen LogP contribution in [0.2, 0.25) is 0 Å². The molecule has 0 N–H and O–H groups in total. The summed E-state index contributed by atoms with van der Waals surface area (Å²) in [6.45, 7) is 0.485. The van der Waals surface area contributed by atoms with Gasteiger partial charge in [0.15, 0.2) is 5.82 Å². The van der Waals surface area contributed by atoms with Crippen LogP contribution in [0.5, 0.6) is 0 Å². The van der Waals surface area contributed by atoms with Gasteiger partial charge in [-0.3, -0.25) is 0 Å². The van der Waals surface area contributed by atoms with Crippen LogP contribution in [0.4, 0.5) is 4.39 Å². The van der Waals surface area contributed by atoms with Crippen molar-refractivity contribution in [1.29, 1.82) is 0 Å². The van der Waals surface area contributed by atoms with Crippen LogP contribution in [-0.4, -0.2) is 30.2 Å². The van der Waals surface area contributed by atoms with Gasteiger partial charge < -0.3 is 9.13 Å². The first-order valence-electron chi connectivity index (χ1n) is 6.33. The van der Waals surface area contributed by atoms with E-state index in [-0.39, 0.29) is 5.82 Å². The lowest BCUT2D eigenvalue weighted by molar-refractivity contribution is 0.619. The molecule has 0 aliphatic rings. The highest BCUT2D eigenvalue weighted by atomic mass is 127. The second-order valence-corrected chi connectivity index (χ2v) is 6.21. The van der Waals surface area contributed by atoms with Crippen molar-refractivity contribution in [2.75, 3.05) is 5.88 Å². The SMILES string of the molecule is Cn1cnnc1Cn1c(CCCl)nc2cc(I)c(F)cc21. The molecule has 0 atom stereocenters. The smallest absolute Gasteiger partial charge is 0.152 e. The molecule has 1 aromatic carbocycles. The lowest BCUT2D eigenvalue weighted by atomic mass is 10.3. The third kappa shape index (κ3) is 2.76. The molecule has 0 aliphatic heterocycles. The fraction of sp³-hybridized carbons (Fsp3) is 0.308. The van der Waals surface area contributed by atoms with Gasteiger partial charge in [-0.1, -0.05) is 0 Å². The molecule has 0 amide bonds. The Bertz CT molecular complexity index is 797. The second kappa shape index (κ2) is 5.88. The Morgan fingerprint density at radius 2 is 2.14 bits per heavy atom. The number of imidazole rings is 1. The average molecular weight is 420 g/mol. The molecule has 0 aliphatic carbocycles. The number of halogens is 3. The maximum absolute atomic E-state index is 13.9. The summed E-state index contributed by atoms with van der Waals surface area (Å²) >= 11 is 7.82. The van der Waals surface area contributed by atoms with Crippen LogP contribution in [-0.2, 0) is 20.0 Å². The van der Waals surface area contributed by atoms with Crippen LogP contribution in [0, 0.1) is 9.39 Å². The maximum Gasteiger partial charge on any atom is 0.152 e. The number of alkyl halides is 1. The van der Waals surface area contributed by atoms with E-state index in [1.807, 2.05) is 38.8 Å². The molecule has 21 heavy (non-hydrogen) atoms. The van der Waals surface area contributed by atoms with Gasteiger partial charge in [0, 0.05) is 25.4 Å². The first-order valence-corrected chi connectivity index (χ1v) is 7.94. The number of hydrogen-bond donors (Lipinski definition) is 0. The van der Waals surface area contributed by atoms with E-state index in [0.29, 0.717) is 22.4 Å². The third-order valence-electron chi connectivity index (χ3n) is 3.29. The number of rotatable bonds is 4. The van der Waals surface area contributed by atoms with Crippen LogP contribution in [0.25, 0.3) is 11.0 Å². The highest BCUT2D eigenvalue weighted by Gasteiger charge is 2.15. The van der Waals surface area contributed by atoms with Gasteiger partial charge in [-0.2, -0.15) is 0 Å². The van der Waals surface area contributed by atoms with Crippen LogP contribution in [0.1, 0.15) is 11.6 Å². The predicted molar refractivity (Wildman–Crippen MR) is 86.9 cm³/mol. The molecule has 110 valence electrons. The lowest BCUT2D eigenvalue weighted by Gasteiger charge is -2.08. The molecule has 0 saturated heterocycles. The number of benzene rings is 1. The highest BCUT2D eigenvalue weighted by molar-refractivity contribution is 14.1. The van der Waals surface area contributed by atoms with E-state index in [1.165, 1.54) is 6.07 Å². The molecule has 8 heteroatoms. The Hall–Kier alpha value is -1.22. The Labute approximate surface area is 139 Å². The first kappa shape index (κ1) is 14.7. The molecule has 0 radical (unpaired) electrons. The van der Waals surface area contributed by atoms with Gasteiger partial charge in [0.2, 0.25) is 0 Å². The van der Waals surface area contributed by atoms with Crippen molar-refractivity contribution in [3.05, 3.63) is 39.5 Å². The van der Waals surface area contributed by atoms with Crippen molar-refractivity contribution in [2.45, 2.75) is 13.0 Å². The van der Waals surface area contributed by atoms with Gasteiger partial charge in [-0.05, 0) is 28.7 Å². The molecule has 5 nitrogen and oxygen atoms in total. The van der Waals surface area contributed by atoms with Crippen LogP contribution < -0.4 is 0 Å². The largest absolute Gasteiger partial charge is 0.320 e. The number of aryl methyl sites for hydroxylation is 2. The Kier molecular flexibility index (Phi) is 4.12. The molecule has 2 heterocycles. The van der Waals surface area contributed by atoms with Gasteiger partial charge in [0.05, 0.1) is 21.1 Å². The van der Waals surface area contributed by atoms with Gasteiger partial charge in [0.1, 0.15) is 18.0 Å². The molecule has 3 rings (SSSR count). The van der Waals surface area contributed by atoms with Crippen molar-refractivity contribution in [1.82, 2.24) is 24.3 Å². The summed E-state index contributed by atoms with van der Waals surface area (Å²) in [5, 5.41) is 7.94. The highest BCUT2D eigenvalue weighted by Crippen LogP contribution is 2.23. The van der Waals surface area contributed by atoms with Crippen molar-refractivity contribution in [3.63, 3.8) is 0 Å². The molecule has 0 bridgehead atoms. The van der Waals surface area contributed by atoms with Crippen LogP contribution >= 0.6 is 34.2 Å². The summed E-state index contributed by atoms with van der Waals surface area (Å²) in [4.78, 5) is 4.56. The average Bonchev–Trinajstić information content (AvgIpc) is 2.98. The van der Waals surface area contributed by atoms with E-state index in [1.54, 1.807) is 12.4 Å². The molecule has 2 aromatic heterocycles. The quantitative estimate of drug-likeness (QED) is 0.483. The fourth-order valence-corrected chi connectivity index (χ4v) is 2.83. The lowest BCUT2D eigenvalue weighted by Crippen LogP contribution is -2.10. The number of aromatic nitrogens is 5. The minimum atomic E-state index is -0.250. The number of nitrogens with zero attached hydrogens (tertiary/aromatic N) is 5. The standard InChI is InChI=1S/C13H12ClFIN5/c1-20-7-17-19-13(20)6-21-11-4-8(15)9(16)5-10(11)18-12(21)2-3-14/h4-5,7H,2-3,6H2,1H3. The first-order chi connectivity index (χ1) is 10.1. The van der Waals surface area contributed by atoms with Gasteiger partial charge in [0.25, 0.3) is 0 Å². The van der Waals surface area contributed by atoms with Crippen molar-refractivity contribution < 1.29 is 4.39 Å². The topological polar surface area (TPSA) is 48.5 Å². The van der Waals surface area contributed by atoms with Gasteiger partial charge in [-0.15, -0.1) is 21.8 Å². The zero-order valence-corrected chi connectivity index (χ0v) is 14.1. The van der Waals surface area contributed by atoms with E-state index >= 15 is 0 Å². The zero-order chi connectivity index (χ0) is 15.0. The van der Waals surface area contributed by atoms with Crippen molar-refractivity contribution in [3.8, 4) is 0 Å². The van der Waals surface area contributed by atoms with Gasteiger partial charge >= 0.3 is 0 Å². The molecular formula is C13H12ClFIN5. The van der Waals surface area contributed by atoms with E-state index in [4.69, 9.17) is 11.6 Å². The Morgan fingerprint density at radius 1 is 1.33 bits per heavy atom. The zero-order valence-electron chi connectivity index (χ0n) is 11.2. The third-order valence-corrected chi connectivity index (χ3v) is 4.31. The molecular weight excluding hydrogens is 408 g/mol. The summed E-state index contributed by atoms with van der Waals surface area (Å²) in [6, 6.07) is 3.26. The monoisotopic (exact) mass is 419 g/mol. The summed E-state index contributed by atoms with van der Waals surface area (Å²) in [6.07, 6.45) is 2.26. The predicted octanol–water partition coefficient (Wildman–Crippen LogP) is 2.74. The molecule has 0 saturated carbocycles. The minimum Gasteiger partial charge on any atom is -0.320 e. The fourth-order valence-electron chi connectivity index (χ4n) is 2.21. The molecule has 0 fully saturated rings. The summed E-state index contributed by atoms with van der Waals surface area (Å²) in [5.74, 6) is 1.81. The normalized spacial score (nSPS) is 11.4. The van der Waals surface area contributed by atoms with E-state index in [9.17, 15) is 4.39 Å². The summed E-state index contributed by atoms with van der Waals surface area (Å²) in [7, 11) is 1.87. The number of fused-ring (bicyclic) bond motifs is 1. The molecule has 0 spiro atoms. The van der Waals surface area contributed by atoms with Crippen LogP contribution in [0.3, 0.4) is 0 Å². The van der Waals surface area contributed by atoms with Crippen molar-refractivity contribution >= 4 is 45.2 Å². The van der Waals surface area contributed by atoms with E-state index in [2.05, 4.69) is 15.2 Å². The minimum absolute atomic E-state index is 0.250. The summed E-state index contributed by atoms with van der Waals surface area (Å²) < 4.78 is 18.2. The van der Waals surface area contributed by atoms with E-state index < -0.39 is 0 Å². The Balaban J connectivity index is 2.15. The maximum atomic E-state index is 13.9. The van der Waals surface area contributed by atoms with Crippen LogP contribution in [0.15, 0.2) is 18.5 Å².